The van der Waals surface area contributed by atoms with Gasteiger partial charge in [0.05, 0.1) is 5.92 Å². The smallest absolute Gasteiger partial charge is 0.313 e. The Kier molecular flexibility index (Phi) is 4.80. The van der Waals surface area contributed by atoms with Crippen molar-refractivity contribution in [1.29, 1.82) is 0 Å². The quantitative estimate of drug-likeness (QED) is 0.651. The Hall–Kier alpha value is -1.55. The van der Waals surface area contributed by atoms with Gasteiger partial charge in [0.2, 0.25) is 0 Å². The van der Waals surface area contributed by atoms with E-state index in [4.69, 9.17) is 10.5 Å². The van der Waals surface area contributed by atoms with Gasteiger partial charge in [-0.1, -0.05) is 12.1 Å². The molecule has 1 heterocycles. The van der Waals surface area contributed by atoms with E-state index in [1.165, 1.54) is 12.8 Å². The molecule has 0 amide bonds. The number of carbonyl (C=O) groups excluding carboxylic acids is 1. The summed E-state index contributed by atoms with van der Waals surface area (Å²) in [6.45, 7) is 5.43. The van der Waals surface area contributed by atoms with Gasteiger partial charge in [-0.05, 0) is 50.6 Å². The molecule has 1 aliphatic heterocycles. The van der Waals surface area contributed by atoms with Gasteiger partial charge in [0.25, 0.3) is 0 Å². The van der Waals surface area contributed by atoms with E-state index < -0.39 is 0 Å². The molecule has 19 heavy (non-hydrogen) atoms. The van der Waals surface area contributed by atoms with Crippen LogP contribution >= 0.6 is 0 Å². The number of hydrogen-bond donors (Lipinski definition) is 1. The summed E-state index contributed by atoms with van der Waals surface area (Å²) < 4.78 is 5.34. The van der Waals surface area contributed by atoms with Crippen LogP contribution in [0.4, 0.5) is 5.69 Å². The molecule has 4 nitrogen and oxygen atoms in total. The van der Waals surface area contributed by atoms with Crippen molar-refractivity contribution in [3.8, 4) is 0 Å². The van der Waals surface area contributed by atoms with Crippen LogP contribution in [0.3, 0.4) is 0 Å². The minimum Gasteiger partial charge on any atom is -0.464 e. The Morgan fingerprint density at radius 1 is 1.42 bits per heavy atom. The second-order valence-electron chi connectivity index (χ2n) is 5.11. The van der Waals surface area contributed by atoms with Crippen molar-refractivity contribution in [2.24, 2.45) is 0 Å². The van der Waals surface area contributed by atoms with E-state index in [1.807, 2.05) is 31.2 Å². The molecule has 0 aliphatic carbocycles. The molecule has 1 aromatic carbocycles. The fourth-order valence-corrected chi connectivity index (χ4v) is 2.37. The van der Waals surface area contributed by atoms with Gasteiger partial charge in [0.15, 0.2) is 0 Å². The number of nitrogens with two attached hydrogens (primary N) is 1. The lowest BCUT2D eigenvalue weighted by Gasteiger charge is -2.16. The zero-order valence-corrected chi connectivity index (χ0v) is 11.5. The first-order valence-corrected chi connectivity index (χ1v) is 6.91. The number of anilines is 1. The molecule has 1 aromatic rings. The van der Waals surface area contributed by atoms with E-state index in [9.17, 15) is 4.79 Å². The second kappa shape index (κ2) is 6.57. The highest BCUT2D eigenvalue weighted by molar-refractivity contribution is 5.78. The molecule has 1 saturated heterocycles. The molecular weight excluding hydrogens is 240 g/mol. The van der Waals surface area contributed by atoms with E-state index in [0.29, 0.717) is 12.3 Å². The third-order valence-corrected chi connectivity index (χ3v) is 3.61. The predicted octanol–water partition coefficient (Wildman–Crippen LogP) is 2.01. The highest BCUT2D eigenvalue weighted by Gasteiger charge is 2.18. The van der Waals surface area contributed by atoms with Crippen LogP contribution in [0.15, 0.2) is 24.3 Å². The fraction of sp³-hybridized carbons (Fsp3) is 0.533. The summed E-state index contributed by atoms with van der Waals surface area (Å²) in [4.78, 5) is 14.3. The van der Waals surface area contributed by atoms with E-state index in [1.54, 1.807) is 0 Å². The molecule has 104 valence electrons. The van der Waals surface area contributed by atoms with Crippen LogP contribution in [-0.4, -0.2) is 37.1 Å². The number of nitrogens with zero attached hydrogens (tertiary/aromatic N) is 1. The van der Waals surface area contributed by atoms with Crippen molar-refractivity contribution in [1.82, 2.24) is 4.90 Å². The van der Waals surface area contributed by atoms with Gasteiger partial charge in [0, 0.05) is 12.2 Å². The predicted molar refractivity (Wildman–Crippen MR) is 75.9 cm³/mol. The largest absolute Gasteiger partial charge is 0.464 e. The molecule has 1 aliphatic rings. The minimum absolute atomic E-state index is 0.176. The summed E-state index contributed by atoms with van der Waals surface area (Å²) in [6.07, 6.45) is 2.52. The molecular formula is C15H22N2O2. The summed E-state index contributed by atoms with van der Waals surface area (Å²) in [5, 5.41) is 0. The van der Waals surface area contributed by atoms with Gasteiger partial charge in [-0.2, -0.15) is 0 Å². The average molecular weight is 262 g/mol. The highest BCUT2D eigenvalue weighted by Crippen LogP contribution is 2.19. The first kappa shape index (κ1) is 13.9. The lowest BCUT2D eigenvalue weighted by molar-refractivity contribution is -0.145. The zero-order valence-electron chi connectivity index (χ0n) is 11.5. The van der Waals surface area contributed by atoms with Crippen molar-refractivity contribution in [3.05, 3.63) is 29.8 Å². The summed E-state index contributed by atoms with van der Waals surface area (Å²) in [5.41, 5.74) is 7.30. The molecule has 0 bridgehead atoms. The first-order valence-electron chi connectivity index (χ1n) is 6.91. The highest BCUT2D eigenvalue weighted by atomic mass is 16.5. The van der Waals surface area contributed by atoms with E-state index in [0.717, 1.165) is 25.2 Å². The van der Waals surface area contributed by atoms with E-state index in [-0.39, 0.29) is 11.9 Å². The van der Waals surface area contributed by atoms with Crippen molar-refractivity contribution in [2.45, 2.75) is 25.7 Å². The number of likely N-dealkylation sites (tertiary alicyclic amines) is 1. The summed E-state index contributed by atoms with van der Waals surface area (Å²) >= 11 is 0. The minimum atomic E-state index is -0.262. The monoisotopic (exact) mass is 262 g/mol. The van der Waals surface area contributed by atoms with E-state index in [2.05, 4.69) is 4.90 Å². The van der Waals surface area contributed by atoms with Crippen molar-refractivity contribution < 1.29 is 9.53 Å². The number of rotatable bonds is 5. The Balaban J connectivity index is 1.78. The lowest BCUT2D eigenvalue weighted by Crippen LogP contribution is -2.26. The normalized spacial score (nSPS) is 17.3. The van der Waals surface area contributed by atoms with Gasteiger partial charge in [-0.25, -0.2) is 0 Å². The van der Waals surface area contributed by atoms with E-state index >= 15 is 0 Å². The Bertz CT molecular complexity index is 428. The van der Waals surface area contributed by atoms with Crippen LogP contribution in [0.2, 0.25) is 0 Å². The first-order chi connectivity index (χ1) is 9.16. The van der Waals surface area contributed by atoms with Crippen molar-refractivity contribution >= 4 is 11.7 Å². The van der Waals surface area contributed by atoms with Gasteiger partial charge in [-0.3, -0.25) is 9.69 Å². The van der Waals surface area contributed by atoms with Crippen LogP contribution in [0.25, 0.3) is 0 Å². The fourth-order valence-electron chi connectivity index (χ4n) is 2.37. The number of benzene rings is 1. The average Bonchev–Trinajstić information content (AvgIpc) is 2.91. The van der Waals surface area contributed by atoms with Crippen LogP contribution in [0, 0.1) is 0 Å². The lowest BCUT2D eigenvalue weighted by atomic mass is 10.0. The zero-order chi connectivity index (χ0) is 13.7. The molecule has 4 heteroatoms. The molecule has 1 unspecified atom stereocenters. The molecule has 2 N–H and O–H groups in total. The maximum Gasteiger partial charge on any atom is 0.313 e. The second-order valence-corrected chi connectivity index (χ2v) is 5.11. The van der Waals surface area contributed by atoms with Crippen LogP contribution in [0.1, 0.15) is 31.2 Å². The topological polar surface area (TPSA) is 55.6 Å². The number of ether oxygens (including phenoxy) is 1. The van der Waals surface area contributed by atoms with Gasteiger partial charge < -0.3 is 10.5 Å². The maximum atomic E-state index is 11.9. The molecule has 2 rings (SSSR count). The van der Waals surface area contributed by atoms with Crippen LogP contribution < -0.4 is 5.73 Å². The molecule has 0 aromatic heterocycles. The molecule has 0 saturated carbocycles. The number of hydrogen-bond acceptors (Lipinski definition) is 4. The Morgan fingerprint density at radius 3 is 2.84 bits per heavy atom. The maximum absolute atomic E-state index is 11.9. The Morgan fingerprint density at radius 2 is 2.16 bits per heavy atom. The summed E-state index contributed by atoms with van der Waals surface area (Å²) in [7, 11) is 0. The standard InChI is InChI=1S/C15H22N2O2/c1-12(13-5-4-6-14(16)11-13)15(18)19-10-9-17-7-2-3-8-17/h4-6,11-12H,2-3,7-10,16H2,1H3. The summed E-state index contributed by atoms with van der Waals surface area (Å²) in [5.74, 6) is -0.438. The van der Waals surface area contributed by atoms with Crippen molar-refractivity contribution in [2.75, 3.05) is 32.0 Å². The van der Waals surface area contributed by atoms with Gasteiger partial charge in [0.1, 0.15) is 6.61 Å². The number of nitrogen functional groups attached to an aromatic ring is 1. The van der Waals surface area contributed by atoms with Crippen LogP contribution in [-0.2, 0) is 9.53 Å². The molecule has 1 atom stereocenters. The van der Waals surface area contributed by atoms with Crippen LogP contribution in [0.5, 0.6) is 0 Å². The number of carbonyl (C=O) groups is 1. The Labute approximate surface area is 114 Å². The third kappa shape index (κ3) is 3.96. The molecule has 0 spiro atoms. The van der Waals surface area contributed by atoms with Gasteiger partial charge >= 0.3 is 5.97 Å². The van der Waals surface area contributed by atoms with Gasteiger partial charge in [-0.15, -0.1) is 0 Å². The third-order valence-electron chi connectivity index (χ3n) is 3.61. The molecule has 1 fully saturated rings. The van der Waals surface area contributed by atoms with Crippen molar-refractivity contribution in [3.63, 3.8) is 0 Å². The summed E-state index contributed by atoms with van der Waals surface area (Å²) in [6, 6.07) is 7.41. The SMILES string of the molecule is CC(C(=O)OCCN1CCCC1)c1cccc(N)c1. The molecule has 0 radical (unpaired) electrons. The number of esters is 1.